The molecular formula is C41H38N4. The number of benzene rings is 5. The van der Waals surface area contributed by atoms with E-state index in [0.29, 0.717) is 11.6 Å². The van der Waals surface area contributed by atoms with Gasteiger partial charge in [-0.25, -0.2) is 15.0 Å². The van der Waals surface area contributed by atoms with Crippen LogP contribution in [0.4, 0.5) is 0 Å². The standard InChI is InChI=1S/C41H38N4/c1-23-20-24(2)26(4)37(25(23)3)32-18-19-36-34(21-32)33-16-12-13-17-35(33)45(36)39-29(7)27(5)38(28(6)30(39)8)41-43-22-42-40(44-41)31-14-10-9-11-15-31/h9-22H,1-8H3. The van der Waals surface area contributed by atoms with Crippen molar-refractivity contribution in [1.82, 2.24) is 19.5 Å². The molecule has 0 fully saturated rings. The van der Waals surface area contributed by atoms with E-state index < -0.39 is 0 Å². The number of hydrogen-bond donors (Lipinski definition) is 0. The lowest BCUT2D eigenvalue weighted by Crippen LogP contribution is -2.08. The molecule has 0 saturated carbocycles. The first-order chi connectivity index (χ1) is 21.7. The maximum absolute atomic E-state index is 4.95. The molecule has 4 nitrogen and oxygen atoms in total. The van der Waals surface area contributed by atoms with Gasteiger partial charge in [0.1, 0.15) is 6.33 Å². The van der Waals surface area contributed by atoms with Crippen molar-refractivity contribution in [3.8, 4) is 39.6 Å². The fraction of sp³-hybridized carbons (Fsp3) is 0.195. The SMILES string of the molecule is Cc1cc(C)c(C)c(-c2ccc3c(c2)c2ccccc2n3-c2c(C)c(C)c(-c3ncnc(-c4ccccc4)n3)c(C)c2C)c1C. The third kappa shape index (κ3) is 4.47. The Kier molecular flexibility index (Phi) is 6.89. The number of rotatable bonds is 4. The van der Waals surface area contributed by atoms with Crippen LogP contribution in [0, 0.1) is 55.4 Å². The molecule has 45 heavy (non-hydrogen) atoms. The van der Waals surface area contributed by atoms with Gasteiger partial charge in [-0.1, -0.05) is 60.7 Å². The molecule has 0 aliphatic heterocycles. The lowest BCUT2D eigenvalue weighted by atomic mass is 9.89. The molecule has 7 rings (SSSR count). The van der Waals surface area contributed by atoms with E-state index in [0.717, 1.165) is 11.1 Å². The van der Waals surface area contributed by atoms with Gasteiger partial charge in [-0.05, 0) is 129 Å². The third-order valence-electron chi connectivity index (χ3n) is 9.96. The highest BCUT2D eigenvalue weighted by molar-refractivity contribution is 6.11. The van der Waals surface area contributed by atoms with Crippen LogP contribution < -0.4 is 0 Å². The monoisotopic (exact) mass is 586 g/mol. The van der Waals surface area contributed by atoms with Gasteiger partial charge in [-0.15, -0.1) is 0 Å². The van der Waals surface area contributed by atoms with Crippen molar-refractivity contribution in [3.63, 3.8) is 0 Å². The average molecular weight is 587 g/mol. The molecule has 0 N–H and O–H groups in total. The summed E-state index contributed by atoms with van der Waals surface area (Å²) in [4.78, 5) is 14.1. The van der Waals surface area contributed by atoms with Gasteiger partial charge in [0, 0.05) is 21.9 Å². The second-order valence-corrected chi connectivity index (χ2v) is 12.4. The molecule has 0 atom stereocenters. The summed E-state index contributed by atoms with van der Waals surface area (Å²) in [6, 6.07) is 28.2. The fourth-order valence-electron chi connectivity index (χ4n) is 7.13. The van der Waals surface area contributed by atoms with Crippen molar-refractivity contribution >= 4 is 21.8 Å². The summed E-state index contributed by atoms with van der Waals surface area (Å²) in [6.07, 6.45) is 1.63. The Bertz CT molecular complexity index is 2230. The zero-order valence-electron chi connectivity index (χ0n) is 27.4. The lowest BCUT2D eigenvalue weighted by Gasteiger charge is -2.22. The van der Waals surface area contributed by atoms with Gasteiger partial charge in [0.15, 0.2) is 11.6 Å². The number of aromatic nitrogens is 4. The predicted molar refractivity (Wildman–Crippen MR) is 188 cm³/mol. The molecule has 0 bridgehead atoms. The Hall–Kier alpha value is -5.09. The molecular weight excluding hydrogens is 548 g/mol. The van der Waals surface area contributed by atoms with Crippen molar-refractivity contribution < 1.29 is 0 Å². The third-order valence-corrected chi connectivity index (χ3v) is 9.96. The second kappa shape index (κ2) is 10.8. The van der Waals surface area contributed by atoms with Crippen LogP contribution >= 0.6 is 0 Å². The van der Waals surface area contributed by atoms with Crippen LogP contribution in [0.1, 0.15) is 44.5 Å². The van der Waals surface area contributed by atoms with Crippen molar-refractivity contribution in [2.24, 2.45) is 0 Å². The van der Waals surface area contributed by atoms with E-state index >= 15 is 0 Å². The lowest BCUT2D eigenvalue weighted by molar-refractivity contribution is 1.04. The summed E-state index contributed by atoms with van der Waals surface area (Å²) in [5.41, 5.74) is 18.5. The molecule has 0 saturated heterocycles. The molecule has 2 aromatic heterocycles. The highest BCUT2D eigenvalue weighted by Gasteiger charge is 2.23. The largest absolute Gasteiger partial charge is 0.309 e. The minimum Gasteiger partial charge on any atom is -0.309 e. The van der Waals surface area contributed by atoms with E-state index in [-0.39, 0.29) is 0 Å². The van der Waals surface area contributed by atoms with Crippen LogP contribution in [0.25, 0.3) is 61.4 Å². The van der Waals surface area contributed by atoms with Gasteiger partial charge in [0.2, 0.25) is 0 Å². The summed E-state index contributed by atoms with van der Waals surface area (Å²) in [6.45, 7) is 17.8. The Morgan fingerprint density at radius 1 is 0.467 bits per heavy atom. The number of nitrogens with zero attached hydrogens (tertiary/aromatic N) is 4. The molecule has 2 heterocycles. The molecule has 4 heteroatoms. The minimum atomic E-state index is 0.686. The van der Waals surface area contributed by atoms with Gasteiger partial charge in [0.05, 0.1) is 16.7 Å². The van der Waals surface area contributed by atoms with Crippen molar-refractivity contribution in [2.75, 3.05) is 0 Å². The van der Waals surface area contributed by atoms with Crippen molar-refractivity contribution in [2.45, 2.75) is 55.4 Å². The first-order valence-electron chi connectivity index (χ1n) is 15.6. The van der Waals surface area contributed by atoms with E-state index in [1.807, 2.05) is 30.3 Å². The van der Waals surface area contributed by atoms with Crippen LogP contribution in [0.2, 0.25) is 0 Å². The molecule has 0 amide bonds. The zero-order valence-corrected chi connectivity index (χ0v) is 27.4. The van der Waals surface area contributed by atoms with E-state index in [1.54, 1.807) is 6.33 Å². The van der Waals surface area contributed by atoms with Gasteiger partial charge in [0.25, 0.3) is 0 Å². The van der Waals surface area contributed by atoms with E-state index in [9.17, 15) is 0 Å². The first kappa shape index (κ1) is 28.7. The van der Waals surface area contributed by atoms with E-state index in [1.165, 1.54) is 83.1 Å². The summed E-state index contributed by atoms with van der Waals surface area (Å²) in [5, 5.41) is 2.53. The Labute approximate surface area is 265 Å². The van der Waals surface area contributed by atoms with Crippen LogP contribution in [-0.4, -0.2) is 19.5 Å². The molecule has 7 aromatic rings. The molecule has 0 aliphatic rings. The van der Waals surface area contributed by atoms with Crippen LogP contribution in [-0.2, 0) is 0 Å². The topological polar surface area (TPSA) is 43.6 Å². The van der Waals surface area contributed by atoms with Gasteiger partial charge >= 0.3 is 0 Å². The van der Waals surface area contributed by atoms with Crippen molar-refractivity contribution in [1.29, 1.82) is 0 Å². The number of hydrogen-bond acceptors (Lipinski definition) is 3. The molecule has 222 valence electrons. The minimum absolute atomic E-state index is 0.686. The zero-order chi connectivity index (χ0) is 31.6. The molecule has 0 unspecified atom stereocenters. The normalized spacial score (nSPS) is 11.6. The Morgan fingerprint density at radius 3 is 1.76 bits per heavy atom. The number of aryl methyl sites for hydroxylation is 2. The Morgan fingerprint density at radius 2 is 1.07 bits per heavy atom. The average Bonchev–Trinajstić information content (AvgIpc) is 3.37. The van der Waals surface area contributed by atoms with Crippen LogP contribution in [0.3, 0.4) is 0 Å². The molecule has 0 aliphatic carbocycles. The summed E-state index contributed by atoms with van der Waals surface area (Å²) in [5.74, 6) is 1.40. The molecule has 0 spiro atoms. The highest BCUT2D eigenvalue weighted by Crippen LogP contribution is 2.41. The van der Waals surface area contributed by atoms with Crippen LogP contribution in [0.5, 0.6) is 0 Å². The summed E-state index contributed by atoms with van der Waals surface area (Å²) < 4.78 is 2.47. The van der Waals surface area contributed by atoms with Crippen LogP contribution in [0.15, 0.2) is 85.2 Å². The van der Waals surface area contributed by atoms with E-state index in [2.05, 4.69) is 118 Å². The molecule has 0 radical (unpaired) electrons. The predicted octanol–water partition coefficient (Wildman–Crippen LogP) is 10.4. The summed E-state index contributed by atoms with van der Waals surface area (Å²) in [7, 11) is 0. The van der Waals surface area contributed by atoms with Gasteiger partial charge in [-0.2, -0.15) is 0 Å². The highest BCUT2D eigenvalue weighted by atomic mass is 15.0. The number of para-hydroxylation sites is 1. The van der Waals surface area contributed by atoms with Gasteiger partial charge < -0.3 is 4.57 Å². The van der Waals surface area contributed by atoms with E-state index in [4.69, 9.17) is 4.98 Å². The molecule has 5 aromatic carbocycles. The van der Waals surface area contributed by atoms with Gasteiger partial charge in [-0.3, -0.25) is 0 Å². The second-order valence-electron chi connectivity index (χ2n) is 12.4. The fourth-order valence-corrected chi connectivity index (χ4v) is 7.13. The summed E-state index contributed by atoms with van der Waals surface area (Å²) >= 11 is 0. The van der Waals surface area contributed by atoms with Crippen molar-refractivity contribution in [3.05, 3.63) is 130 Å². The quantitative estimate of drug-likeness (QED) is 0.206. The smallest absolute Gasteiger partial charge is 0.163 e. The maximum Gasteiger partial charge on any atom is 0.163 e. The Balaban J connectivity index is 1.46. The first-order valence-corrected chi connectivity index (χ1v) is 15.6. The number of fused-ring (bicyclic) bond motifs is 3. The maximum atomic E-state index is 4.95.